The van der Waals surface area contributed by atoms with Gasteiger partial charge in [0, 0.05) is 6.54 Å². The van der Waals surface area contributed by atoms with Crippen LogP contribution < -0.4 is 5.73 Å². The van der Waals surface area contributed by atoms with Gasteiger partial charge >= 0.3 is 0 Å². The van der Waals surface area contributed by atoms with Crippen molar-refractivity contribution in [3.8, 4) is 0 Å². The van der Waals surface area contributed by atoms with E-state index in [0.717, 1.165) is 6.42 Å². The monoisotopic (exact) mass is 177 g/mol. The SMILES string of the molecule is C=CCC.Cc1ccccc1CN. The zero-order valence-corrected chi connectivity index (χ0v) is 8.59. The Balaban J connectivity index is 0.000000310. The Morgan fingerprint density at radius 1 is 1.38 bits per heavy atom. The number of aryl methyl sites for hydroxylation is 1. The molecule has 0 aliphatic rings. The molecular formula is C12H19N. The van der Waals surface area contributed by atoms with Gasteiger partial charge in [0.05, 0.1) is 0 Å². The van der Waals surface area contributed by atoms with Gasteiger partial charge in [0.25, 0.3) is 0 Å². The molecule has 0 aromatic heterocycles. The predicted octanol–water partition coefficient (Wildman–Crippen LogP) is 3.04. The maximum Gasteiger partial charge on any atom is 0.0180 e. The lowest BCUT2D eigenvalue weighted by Crippen LogP contribution is -1.97. The number of hydrogen-bond donors (Lipinski definition) is 1. The fourth-order valence-corrected chi connectivity index (χ4v) is 0.839. The number of benzene rings is 1. The van der Waals surface area contributed by atoms with Gasteiger partial charge in [0.2, 0.25) is 0 Å². The molecule has 0 bridgehead atoms. The van der Waals surface area contributed by atoms with Crippen LogP contribution in [0, 0.1) is 6.92 Å². The first-order valence-electron chi connectivity index (χ1n) is 4.61. The van der Waals surface area contributed by atoms with Crippen LogP contribution in [-0.2, 0) is 6.54 Å². The van der Waals surface area contributed by atoms with Gasteiger partial charge in [0.15, 0.2) is 0 Å². The molecule has 1 aromatic carbocycles. The molecule has 0 aliphatic carbocycles. The minimum Gasteiger partial charge on any atom is -0.326 e. The van der Waals surface area contributed by atoms with E-state index in [-0.39, 0.29) is 0 Å². The fourth-order valence-electron chi connectivity index (χ4n) is 0.839. The van der Waals surface area contributed by atoms with Crippen LogP contribution in [0.1, 0.15) is 24.5 Å². The standard InChI is InChI=1S/C8H11N.C4H8/c1-7-4-2-3-5-8(7)6-9;1-3-4-2/h2-5H,6,9H2,1H3;3H,1,4H2,2H3. The van der Waals surface area contributed by atoms with Crippen molar-refractivity contribution < 1.29 is 0 Å². The van der Waals surface area contributed by atoms with E-state index in [1.165, 1.54) is 11.1 Å². The van der Waals surface area contributed by atoms with Crippen molar-refractivity contribution in [3.05, 3.63) is 48.0 Å². The second kappa shape index (κ2) is 7.56. The maximum absolute atomic E-state index is 5.45. The number of allylic oxidation sites excluding steroid dienone is 1. The molecule has 1 nitrogen and oxygen atoms in total. The highest BCUT2D eigenvalue weighted by Gasteiger charge is 1.89. The van der Waals surface area contributed by atoms with Gasteiger partial charge in [-0.15, -0.1) is 6.58 Å². The molecule has 0 saturated heterocycles. The summed E-state index contributed by atoms with van der Waals surface area (Å²) in [6, 6.07) is 8.15. The quantitative estimate of drug-likeness (QED) is 0.690. The van der Waals surface area contributed by atoms with E-state index in [9.17, 15) is 0 Å². The Morgan fingerprint density at radius 2 is 1.92 bits per heavy atom. The Morgan fingerprint density at radius 3 is 2.23 bits per heavy atom. The molecule has 0 spiro atoms. The highest BCUT2D eigenvalue weighted by atomic mass is 14.5. The summed E-state index contributed by atoms with van der Waals surface area (Å²) < 4.78 is 0. The number of nitrogens with two attached hydrogens (primary N) is 1. The minimum absolute atomic E-state index is 0.646. The second-order valence-electron chi connectivity index (χ2n) is 2.83. The predicted molar refractivity (Wildman–Crippen MR) is 59.6 cm³/mol. The molecule has 1 rings (SSSR count). The molecule has 0 amide bonds. The largest absolute Gasteiger partial charge is 0.326 e. The van der Waals surface area contributed by atoms with Crippen LogP contribution in [0.4, 0.5) is 0 Å². The first-order valence-corrected chi connectivity index (χ1v) is 4.61. The Kier molecular flexibility index (Phi) is 6.93. The third-order valence-electron chi connectivity index (χ3n) is 1.77. The molecule has 0 atom stereocenters. The lowest BCUT2D eigenvalue weighted by molar-refractivity contribution is 1.05. The van der Waals surface area contributed by atoms with Crippen molar-refractivity contribution >= 4 is 0 Å². The van der Waals surface area contributed by atoms with E-state index in [1.54, 1.807) is 0 Å². The van der Waals surface area contributed by atoms with E-state index in [1.807, 2.05) is 18.2 Å². The summed E-state index contributed by atoms with van der Waals surface area (Å²) in [6.07, 6.45) is 2.96. The molecule has 0 radical (unpaired) electrons. The van der Waals surface area contributed by atoms with E-state index in [2.05, 4.69) is 32.6 Å². The van der Waals surface area contributed by atoms with E-state index >= 15 is 0 Å². The Bertz CT molecular complexity index is 241. The average molecular weight is 177 g/mol. The summed E-state index contributed by atoms with van der Waals surface area (Å²) in [5.74, 6) is 0. The third kappa shape index (κ3) is 5.21. The van der Waals surface area contributed by atoms with Gasteiger partial charge < -0.3 is 5.73 Å². The van der Waals surface area contributed by atoms with Gasteiger partial charge in [0.1, 0.15) is 0 Å². The van der Waals surface area contributed by atoms with Gasteiger partial charge in [-0.25, -0.2) is 0 Å². The number of rotatable bonds is 2. The third-order valence-corrected chi connectivity index (χ3v) is 1.77. The highest BCUT2D eigenvalue weighted by molar-refractivity contribution is 5.24. The topological polar surface area (TPSA) is 26.0 Å². The lowest BCUT2D eigenvalue weighted by Gasteiger charge is -1.98. The lowest BCUT2D eigenvalue weighted by atomic mass is 10.1. The fraction of sp³-hybridized carbons (Fsp3) is 0.333. The van der Waals surface area contributed by atoms with Crippen LogP contribution >= 0.6 is 0 Å². The smallest absolute Gasteiger partial charge is 0.0180 e. The molecular weight excluding hydrogens is 158 g/mol. The van der Waals surface area contributed by atoms with Crippen molar-refractivity contribution in [2.75, 3.05) is 0 Å². The first-order chi connectivity index (χ1) is 6.26. The van der Waals surface area contributed by atoms with Crippen molar-refractivity contribution in [2.45, 2.75) is 26.8 Å². The average Bonchev–Trinajstić information content (AvgIpc) is 2.19. The zero-order chi connectivity index (χ0) is 10.1. The van der Waals surface area contributed by atoms with Crippen LogP contribution in [0.3, 0.4) is 0 Å². The Hall–Kier alpha value is -1.08. The first kappa shape index (κ1) is 11.9. The molecule has 0 saturated carbocycles. The molecule has 72 valence electrons. The van der Waals surface area contributed by atoms with Crippen molar-refractivity contribution in [1.29, 1.82) is 0 Å². The molecule has 0 unspecified atom stereocenters. The van der Waals surface area contributed by atoms with E-state index in [4.69, 9.17) is 5.73 Å². The van der Waals surface area contributed by atoms with Crippen LogP contribution in [0.2, 0.25) is 0 Å². The van der Waals surface area contributed by atoms with E-state index < -0.39 is 0 Å². The summed E-state index contributed by atoms with van der Waals surface area (Å²) in [5.41, 5.74) is 7.96. The zero-order valence-electron chi connectivity index (χ0n) is 8.59. The van der Waals surface area contributed by atoms with Crippen molar-refractivity contribution in [2.24, 2.45) is 5.73 Å². The molecule has 1 heteroatoms. The summed E-state index contributed by atoms with van der Waals surface area (Å²) >= 11 is 0. The molecule has 0 fully saturated rings. The molecule has 1 aromatic rings. The number of hydrogen-bond acceptors (Lipinski definition) is 1. The summed E-state index contributed by atoms with van der Waals surface area (Å²) in [5, 5.41) is 0. The van der Waals surface area contributed by atoms with Crippen LogP contribution in [0.25, 0.3) is 0 Å². The van der Waals surface area contributed by atoms with Crippen LogP contribution in [0.5, 0.6) is 0 Å². The van der Waals surface area contributed by atoms with Gasteiger partial charge in [-0.1, -0.05) is 37.3 Å². The maximum atomic E-state index is 5.45. The van der Waals surface area contributed by atoms with Crippen molar-refractivity contribution in [1.82, 2.24) is 0 Å². The molecule has 0 aliphatic heterocycles. The summed E-state index contributed by atoms with van der Waals surface area (Å²) in [6.45, 7) is 8.26. The summed E-state index contributed by atoms with van der Waals surface area (Å²) in [7, 11) is 0. The van der Waals surface area contributed by atoms with Gasteiger partial charge in [-0.2, -0.15) is 0 Å². The van der Waals surface area contributed by atoms with Gasteiger partial charge in [-0.3, -0.25) is 0 Å². The normalized spacial score (nSPS) is 8.54. The Labute approximate surface area is 81.3 Å². The van der Waals surface area contributed by atoms with Crippen molar-refractivity contribution in [3.63, 3.8) is 0 Å². The summed E-state index contributed by atoms with van der Waals surface area (Å²) in [4.78, 5) is 0. The second-order valence-corrected chi connectivity index (χ2v) is 2.83. The van der Waals surface area contributed by atoms with Gasteiger partial charge in [-0.05, 0) is 24.5 Å². The molecule has 2 N–H and O–H groups in total. The highest BCUT2D eigenvalue weighted by Crippen LogP contribution is 2.04. The molecule has 0 heterocycles. The van der Waals surface area contributed by atoms with Crippen LogP contribution in [-0.4, -0.2) is 0 Å². The van der Waals surface area contributed by atoms with Crippen LogP contribution in [0.15, 0.2) is 36.9 Å². The van der Waals surface area contributed by atoms with E-state index in [0.29, 0.717) is 6.54 Å². The molecule has 13 heavy (non-hydrogen) atoms. The minimum atomic E-state index is 0.646.